The van der Waals surface area contributed by atoms with Crippen LogP contribution in [0, 0.1) is 0 Å². The zero-order valence-corrected chi connectivity index (χ0v) is 8.23. The second-order valence-electron chi connectivity index (χ2n) is 3.87. The molecule has 2 atom stereocenters. The number of hydrogen-bond donors (Lipinski definition) is 1. The topological polar surface area (TPSA) is 83.9 Å². The first-order chi connectivity index (χ1) is 7.03. The fourth-order valence-electron chi connectivity index (χ4n) is 2.59. The van der Waals surface area contributed by atoms with Gasteiger partial charge in [-0.2, -0.15) is 0 Å². The lowest BCUT2D eigenvalue weighted by molar-refractivity contribution is -0.152. The first-order valence-corrected chi connectivity index (χ1v) is 4.66. The van der Waals surface area contributed by atoms with Crippen LogP contribution in [0.5, 0.6) is 0 Å². The highest BCUT2D eigenvalue weighted by Crippen LogP contribution is 2.45. The molecule has 2 heterocycles. The van der Waals surface area contributed by atoms with Crippen molar-refractivity contribution in [3.63, 3.8) is 0 Å². The molecule has 82 valence electrons. The number of fused-ring (bicyclic) bond motifs is 2. The number of carbonyl (C=O) groups excluding carboxylic acids is 2. The molecule has 2 aliphatic heterocycles. The Kier molecular flexibility index (Phi) is 1.95. The van der Waals surface area contributed by atoms with Gasteiger partial charge in [0.1, 0.15) is 0 Å². The van der Waals surface area contributed by atoms with Crippen molar-refractivity contribution in [3.05, 3.63) is 0 Å². The lowest BCUT2D eigenvalue weighted by Gasteiger charge is -2.28. The Hall–Kier alpha value is -1.59. The molecule has 6 heteroatoms. The molecule has 0 spiro atoms. The average Bonchev–Trinajstić information content (AvgIpc) is 2.69. The number of esters is 1. The molecular weight excluding hydrogens is 202 g/mol. The summed E-state index contributed by atoms with van der Waals surface area (Å²) in [6.07, 6.45) is -0.479. The van der Waals surface area contributed by atoms with Crippen molar-refractivity contribution in [3.8, 4) is 0 Å². The van der Waals surface area contributed by atoms with Gasteiger partial charge in [0, 0.05) is 6.42 Å². The third kappa shape index (κ3) is 1.07. The van der Waals surface area contributed by atoms with Gasteiger partial charge in [-0.25, -0.2) is 9.59 Å². The average molecular weight is 213 g/mol. The Labute approximate surface area is 85.8 Å². The normalized spacial score (nSPS) is 33.3. The van der Waals surface area contributed by atoms with E-state index in [1.54, 1.807) is 0 Å². The molecule has 15 heavy (non-hydrogen) atoms. The highest BCUT2D eigenvalue weighted by molar-refractivity contribution is 6.02. The van der Waals surface area contributed by atoms with Crippen LogP contribution in [0.1, 0.15) is 19.3 Å². The van der Waals surface area contributed by atoms with Crippen LogP contribution >= 0.6 is 0 Å². The van der Waals surface area contributed by atoms with Gasteiger partial charge in [-0.3, -0.25) is 9.69 Å². The molecule has 0 radical (unpaired) electrons. The Morgan fingerprint density at radius 2 is 2.27 bits per heavy atom. The minimum Gasteiger partial charge on any atom is -0.467 e. The fourth-order valence-corrected chi connectivity index (χ4v) is 2.59. The van der Waals surface area contributed by atoms with E-state index in [2.05, 4.69) is 4.74 Å². The highest BCUT2D eigenvalue weighted by Gasteiger charge is 2.63. The Morgan fingerprint density at radius 1 is 1.60 bits per heavy atom. The number of methoxy groups -OCH3 is 1. The summed E-state index contributed by atoms with van der Waals surface area (Å²) in [5.41, 5.74) is -1.25. The number of ketones is 1. The molecule has 2 bridgehead atoms. The molecule has 2 aliphatic rings. The van der Waals surface area contributed by atoms with Gasteiger partial charge >= 0.3 is 12.1 Å². The number of amides is 1. The molecule has 2 fully saturated rings. The van der Waals surface area contributed by atoms with Crippen LogP contribution in [0.3, 0.4) is 0 Å². The minimum absolute atomic E-state index is 0.0450. The summed E-state index contributed by atoms with van der Waals surface area (Å²) in [7, 11) is 1.20. The van der Waals surface area contributed by atoms with Gasteiger partial charge in [0.2, 0.25) is 0 Å². The third-order valence-electron chi connectivity index (χ3n) is 3.21. The van der Waals surface area contributed by atoms with Crippen molar-refractivity contribution < 1.29 is 24.2 Å². The smallest absolute Gasteiger partial charge is 0.408 e. The van der Waals surface area contributed by atoms with E-state index >= 15 is 0 Å². The van der Waals surface area contributed by atoms with Crippen LogP contribution in [0.25, 0.3) is 0 Å². The number of carbonyl (C=O) groups is 3. The Balaban J connectivity index is 2.42. The third-order valence-corrected chi connectivity index (χ3v) is 3.21. The number of rotatable bonds is 1. The number of carboxylic acid groups (broad SMARTS) is 1. The van der Waals surface area contributed by atoms with E-state index in [4.69, 9.17) is 5.11 Å². The number of nitrogens with zero attached hydrogens (tertiary/aromatic N) is 1. The van der Waals surface area contributed by atoms with E-state index in [1.807, 2.05) is 0 Å². The summed E-state index contributed by atoms with van der Waals surface area (Å²) in [4.78, 5) is 35.0. The molecule has 2 unspecified atom stereocenters. The van der Waals surface area contributed by atoms with Crippen LogP contribution < -0.4 is 0 Å². The predicted molar refractivity (Wildman–Crippen MR) is 47.3 cm³/mol. The van der Waals surface area contributed by atoms with Crippen molar-refractivity contribution in [1.29, 1.82) is 0 Å². The Bertz CT molecular complexity index is 352. The maximum absolute atomic E-state index is 11.6. The van der Waals surface area contributed by atoms with E-state index in [0.717, 1.165) is 4.90 Å². The van der Waals surface area contributed by atoms with Crippen molar-refractivity contribution in [1.82, 2.24) is 4.90 Å². The summed E-state index contributed by atoms with van der Waals surface area (Å²) in [6.45, 7) is 0. The fraction of sp³-hybridized carbons (Fsp3) is 0.667. The van der Waals surface area contributed by atoms with E-state index in [1.165, 1.54) is 7.11 Å². The van der Waals surface area contributed by atoms with E-state index in [9.17, 15) is 14.4 Å². The lowest BCUT2D eigenvalue weighted by atomic mass is 9.87. The van der Waals surface area contributed by atoms with Gasteiger partial charge in [-0.05, 0) is 12.8 Å². The molecule has 6 nitrogen and oxygen atoms in total. The molecule has 0 aromatic rings. The molecule has 2 rings (SSSR count). The summed E-state index contributed by atoms with van der Waals surface area (Å²) in [5, 5.41) is 8.99. The second kappa shape index (κ2) is 2.95. The quantitative estimate of drug-likeness (QED) is 0.620. The second-order valence-corrected chi connectivity index (χ2v) is 3.87. The van der Waals surface area contributed by atoms with Gasteiger partial charge in [-0.15, -0.1) is 0 Å². The van der Waals surface area contributed by atoms with E-state index < -0.39 is 23.6 Å². The molecule has 2 saturated heterocycles. The molecule has 1 amide bonds. The maximum atomic E-state index is 11.6. The monoisotopic (exact) mass is 213 g/mol. The van der Waals surface area contributed by atoms with Gasteiger partial charge in [-0.1, -0.05) is 0 Å². The van der Waals surface area contributed by atoms with Gasteiger partial charge in [0.15, 0.2) is 11.3 Å². The maximum Gasteiger partial charge on any atom is 0.408 e. The molecule has 0 aromatic carbocycles. The lowest BCUT2D eigenvalue weighted by Crippen LogP contribution is -2.50. The molecular formula is C9H11NO5. The van der Waals surface area contributed by atoms with Gasteiger partial charge in [0.25, 0.3) is 0 Å². The molecule has 0 aliphatic carbocycles. The SMILES string of the molecule is COC(=O)C12CCC(C(=O)C1)N2C(=O)O. The highest BCUT2D eigenvalue weighted by atomic mass is 16.5. The van der Waals surface area contributed by atoms with Crippen LogP contribution in [0.15, 0.2) is 0 Å². The zero-order chi connectivity index (χ0) is 11.2. The minimum atomic E-state index is -1.25. The zero-order valence-electron chi connectivity index (χ0n) is 8.23. The van der Waals surface area contributed by atoms with E-state index in [-0.39, 0.29) is 12.2 Å². The molecule has 1 N–H and O–H groups in total. The summed E-state index contributed by atoms with van der Waals surface area (Å²) in [6, 6.07) is -0.651. The predicted octanol–water partition coefficient (Wildman–Crippen LogP) is 0.0134. The Morgan fingerprint density at radius 3 is 2.73 bits per heavy atom. The summed E-state index contributed by atoms with van der Waals surface area (Å²) < 4.78 is 4.59. The number of Topliss-reactive ketones (excluding diaryl/α,β-unsaturated/α-hetero) is 1. The van der Waals surface area contributed by atoms with Crippen LogP contribution in [0.4, 0.5) is 4.79 Å². The summed E-state index contributed by atoms with van der Waals surface area (Å²) in [5.74, 6) is -0.813. The number of ether oxygens (including phenoxy) is 1. The van der Waals surface area contributed by atoms with Crippen LogP contribution in [-0.2, 0) is 14.3 Å². The van der Waals surface area contributed by atoms with Crippen molar-refractivity contribution in [2.24, 2.45) is 0 Å². The van der Waals surface area contributed by atoms with E-state index in [0.29, 0.717) is 12.8 Å². The van der Waals surface area contributed by atoms with Crippen LogP contribution in [-0.4, -0.2) is 46.5 Å². The van der Waals surface area contributed by atoms with Gasteiger partial charge < -0.3 is 9.84 Å². The van der Waals surface area contributed by atoms with Crippen molar-refractivity contribution in [2.45, 2.75) is 30.8 Å². The largest absolute Gasteiger partial charge is 0.467 e. The molecule has 0 saturated carbocycles. The molecule has 0 aromatic heterocycles. The first-order valence-electron chi connectivity index (χ1n) is 4.66. The van der Waals surface area contributed by atoms with Gasteiger partial charge in [0.05, 0.1) is 13.2 Å². The van der Waals surface area contributed by atoms with Crippen molar-refractivity contribution >= 4 is 17.8 Å². The summed E-state index contributed by atoms with van der Waals surface area (Å²) >= 11 is 0. The van der Waals surface area contributed by atoms with Crippen LogP contribution in [0.2, 0.25) is 0 Å². The first kappa shape index (κ1) is 9.95. The van der Waals surface area contributed by atoms with Crippen molar-refractivity contribution in [2.75, 3.05) is 7.11 Å². The standard InChI is InChI=1S/C9H11NO5/c1-15-7(12)9-3-2-5(6(11)4-9)10(9)8(13)14/h5H,2-4H2,1H3,(H,13,14). The number of hydrogen-bond acceptors (Lipinski definition) is 4.